The van der Waals surface area contributed by atoms with Crippen molar-refractivity contribution < 1.29 is 18.8 Å². The highest BCUT2D eigenvalue weighted by Crippen LogP contribution is 2.39. The Labute approximate surface area is 175 Å². The molecule has 1 aliphatic carbocycles. The predicted molar refractivity (Wildman–Crippen MR) is 108 cm³/mol. The summed E-state index contributed by atoms with van der Waals surface area (Å²) in [5, 5.41) is 4.22. The summed E-state index contributed by atoms with van der Waals surface area (Å²) in [4.78, 5) is 25.3. The lowest BCUT2D eigenvalue weighted by molar-refractivity contribution is 0.00988. The number of aromatic nitrogens is 3. The molecule has 4 heterocycles. The van der Waals surface area contributed by atoms with Crippen LogP contribution in [0.3, 0.4) is 0 Å². The van der Waals surface area contributed by atoms with Crippen molar-refractivity contribution in [2.75, 3.05) is 38.3 Å². The Hall–Kier alpha value is -2.68. The quantitative estimate of drug-likeness (QED) is 0.739. The minimum absolute atomic E-state index is 0.180. The molecule has 0 N–H and O–H groups in total. The number of hydrogen-bond acceptors (Lipinski definition) is 8. The van der Waals surface area contributed by atoms with E-state index >= 15 is 0 Å². The van der Waals surface area contributed by atoms with Crippen molar-refractivity contribution in [1.82, 2.24) is 20.0 Å². The molecule has 0 atom stereocenters. The average molecular weight is 413 g/mol. The Morgan fingerprint density at radius 2 is 2.07 bits per heavy atom. The van der Waals surface area contributed by atoms with Gasteiger partial charge in [-0.05, 0) is 44.7 Å². The first kappa shape index (κ1) is 19.3. The van der Waals surface area contributed by atoms with Gasteiger partial charge in [0.25, 0.3) is 5.89 Å². The van der Waals surface area contributed by atoms with Crippen LogP contribution in [0, 0.1) is 0 Å². The molecule has 0 aromatic carbocycles. The molecule has 9 nitrogen and oxygen atoms in total. The van der Waals surface area contributed by atoms with Gasteiger partial charge in [0.05, 0.1) is 19.3 Å². The van der Waals surface area contributed by atoms with Crippen molar-refractivity contribution in [3.8, 4) is 11.5 Å². The van der Waals surface area contributed by atoms with Crippen LogP contribution in [0.4, 0.5) is 10.6 Å². The molecule has 2 aromatic rings. The van der Waals surface area contributed by atoms with E-state index in [1.807, 2.05) is 26.1 Å². The van der Waals surface area contributed by atoms with Gasteiger partial charge in [-0.15, -0.1) is 0 Å². The molecule has 3 aliphatic rings. The van der Waals surface area contributed by atoms with Gasteiger partial charge in [-0.2, -0.15) is 4.98 Å². The van der Waals surface area contributed by atoms with E-state index in [1.165, 1.54) is 0 Å². The van der Waals surface area contributed by atoms with Crippen LogP contribution < -0.4 is 4.90 Å². The standard InChI is InChI=1S/C21H27N5O4/c1-21(6-7-21)29-20(27)26-9-4-14(5-10-26)18-23-19(30-24-18)15-3-8-22-17(11-15)25(2)16-12-28-13-16/h3,8,11,14,16H,4-7,9-10,12-13H2,1-2H3. The molecule has 30 heavy (non-hydrogen) atoms. The Bertz CT molecular complexity index is 916. The summed E-state index contributed by atoms with van der Waals surface area (Å²) in [5.74, 6) is 2.23. The summed E-state index contributed by atoms with van der Waals surface area (Å²) in [5.41, 5.74) is 0.615. The summed E-state index contributed by atoms with van der Waals surface area (Å²) in [6.45, 7) is 4.73. The third-order valence-corrected chi connectivity index (χ3v) is 6.37. The zero-order valence-electron chi connectivity index (χ0n) is 17.4. The van der Waals surface area contributed by atoms with E-state index in [1.54, 1.807) is 11.1 Å². The number of ether oxygens (including phenoxy) is 2. The van der Waals surface area contributed by atoms with E-state index in [0.717, 1.165) is 50.3 Å². The van der Waals surface area contributed by atoms with Crippen LogP contribution in [0.2, 0.25) is 0 Å². The van der Waals surface area contributed by atoms with E-state index in [-0.39, 0.29) is 17.6 Å². The molecule has 9 heteroatoms. The van der Waals surface area contributed by atoms with Crippen LogP contribution in [-0.4, -0.2) is 71.1 Å². The van der Waals surface area contributed by atoms with Crippen LogP contribution in [0.25, 0.3) is 11.5 Å². The number of hydrogen-bond donors (Lipinski definition) is 0. The number of nitrogens with zero attached hydrogens (tertiary/aromatic N) is 5. The zero-order valence-corrected chi connectivity index (χ0v) is 17.4. The lowest BCUT2D eigenvalue weighted by Crippen LogP contribution is -2.47. The number of amides is 1. The summed E-state index contributed by atoms with van der Waals surface area (Å²) < 4.78 is 16.4. The summed E-state index contributed by atoms with van der Waals surface area (Å²) in [6.07, 6.45) is 5.08. The number of likely N-dealkylation sites (tertiary alicyclic amines) is 1. The zero-order chi connectivity index (χ0) is 20.7. The Morgan fingerprint density at radius 1 is 1.30 bits per heavy atom. The SMILES string of the molecule is CN(c1cc(-c2nc(C3CCN(C(=O)OC4(C)CC4)CC3)no2)ccn1)C1COC1. The van der Waals surface area contributed by atoms with Gasteiger partial charge in [0.1, 0.15) is 11.4 Å². The maximum Gasteiger partial charge on any atom is 0.410 e. The molecule has 0 spiro atoms. The van der Waals surface area contributed by atoms with E-state index < -0.39 is 0 Å². The Kier molecular flexibility index (Phi) is 4.85. The fourth-order valence-corrected chi connectivity index (χ4v) is 3.77. The summed E-state index contributed by atoms with van der Waals surface area (Å²) in [7, 11) is 2.01. The van der Waals surface area contributed by atoms with E-state index in [9.17, 15) is 4.79 Å². The number of carbonyl (C=O) groups is 1. The highest BCUT2D eigenvalue weighted by molar-refractivity contribution is 5.68. The molecule has 2 aliphatic heterocycles. The molecular formula is C21H27N5O4. The second kappa shape index (κ2) is 7.54. The molecule has 1 amide bonds. The van der Waals surface area contributed by atoms with Crippen LogP contribution >= 0.6 is 0 Å². The highest BCUT2D eigenvalue weighted by Gasteiger charge is 2.43. The molecule has 5 rings (SSSR count). The van der Waals surface area contributed by atoms with Gasteiger partial charge in [0.15, 0.2) is 5.82 Å². The molecule has 2 saturated heterocycles. The van der Waals surface area contributed by atoms with Crippen LogP contribution in [0.5, 0.6) is 0 Å². The Balaban J connectivity index is 1.21. The van der Waals surface area contributed by atoms with E-state index in [0.29, 0.717) is 30.8 Å². The smallest absolute Gasteiger partial charge is 0.410 e. The second-order valence-electron chi connectivity index (χ2n) is 8.74. The third kappa shape index (κ3) is 3.86. The molecule has 0 unspecified atom stereocenters. The molecule has 0 bridgehead atoms. The molecular weight excluding hydrogens is 386 g/mol. The number of carbonyl (C=O) groups excluding carboxylic acids is 1. The first-order chi connectivity index (χ1) is 14.5. The van der Waals surface area contributed by atoms with Gasteiger partial charge in [-0.1, -0.05) is 5.16 Å². The number of likely N-dealkylation sites (N-methyl/N-ethyl adjacent to an activating group) is 1. The maximum atomic E-state index is 12.3. The first-order valence-electron chi connectivity index (χ1n) is 10.6. The van der Waals surface area contributed by atoms with Gasteiger partial charge in [0, 0.05) is 37.8 Å². The topological polar surface area (TPSA) is 93.8 Å². The predicted octanol–water partition coefficient (Wildman–Crippen LogP) is 2.84. The van der Waals surface area contributed by atoms with Crippen LogP contribution in [-0.2, 0) is 9.47 Å². The normalized spacial score (nSPS) is 21.2. The highest BCUT2D eigenvalue weighted by atomic mass is 16.6. The number of anilines is 1. The summed E-state index contributed by atoms with van der Waals surface area (Å²) >= 11 is 0. The Morgan fingerprint density at radius 3 is 2.73 bits per heavy atom. The molecule has 0 radical (unpaired) electrons. The van der Waals surface area contributed by atoms with Crippen molar-refractivity contribution >= 4 is 11.9 Å². The molecule has 160 valence electrons. The largest absolute Gasteiger partial charge is 0.443 e. The van der Waals surface area contributed by atoms with Gasteiger partial charge < -0.3 is 23.8 Å². The first-order valence-corrected chi connectivity index (χ1v) is 10.6. The van der Waals surface area contributed by atoms with Crippen molar-refractivity contribution in [1.29, 1.82) is 0 Å². The maximum absolute atomic E-state index is 12.3. The lowest BCUT2D eigenvalue weighted by atomic mass is 9.96. The molecule has 1 saturated carbocycles. The monoisotopic (exact) mass is 413 g/mol. The van der Waals surface area contributed by atoms with Crippen molar-refractivity contribution in [2.45, 2.75) is 50.2 Å². The van der Waals surface area contributed by atoms with Crippen molar-refractivity contribution in [2.24, 2.45) is 0 Å². The second-order valence-corrected chi connectivity index (χ2v) is 8.74. The lowest BCUT2D eigenvalue weighted by Gasteiger charge is -2.35. The van der Waals surface area contributed by atoms with Gasteiger partial charge in [-0.25, -0.2) is 9.78 Å². The van der Waals surface area contributed by atoms with Crippen LogP contribution in [0.1, 0.15) is 44.3 Å². The van der Waals surface area contributed by atoms with Gasteiger partial charge >= 0.3 is 6.09 Å². The number of piperidine rings is 1. The van der Waals surface area contributed by atoms with Crippen molar-refractivity contribution in [3.63, 3.8) is 0 Å². The minimum atomic E-state index is -0.236. The van der Waals surface area contributed by atoms with E-state index in [2.05, 4.69) is 20.0 Å². The fourth-order valence-electron chi connectivity index (χ4n) is 3.77. The van der Waals surface area contributed by atoms with Crippen molar-refractivity contribution in [3.05, 3.63) is 24.2 Å². The molecule has 2 aromatic heterocycles. The van der Waals surface area contributed by atoms with Gasteiger partial charge in [0.2, 0.25) is 0 Å². The minimum Gasteiger partial charge on any atom is -0.443 e. The van der Waals surface area contributed by atoms with E-state index in [4.69, 9.17) is 14.0 Å². The van der Waals surface area contributed by atoms with Crippen LogP contribution in [0.15, 0.2) is 22.9 Å². The average Bonchev–Trinajstić information content (AvgIpc) is 3.24. The fraction of sp³-hybridized carbons (Fsp3) is 0.619. The molecule has 3 fully saturated rings. The van der Waals surface area contributed by atoms with Gasteiger partial charge in [-0.3, -0.25) is 0 Å². The number of rotatable bonds is 5. The number of pyridine rings is 1. The third-order valence-electron chi connectivity index (χ3n) is 6.37. The summed E-state index contributed by atoms with van der Waals surface area (Å²) in [6, 6.07) is 4.20.